The van der Waals surface area contributed by atoms with E-state index in [1.807, 2.05) is 17.0 Å². The molecule has 1 amide bonds. The van der Waals surface area contributed by atoms with Crippen molar-refractivity contribution in [3.8, 4) is 0 Å². The second-order valence-corrected chi connectivity index (χ2v) is 6.64. The quantitative estimate of drug-likeness (QED) is 0.776. The van der Waals surface area contributed by atoms with Crippen LogP contribution in [0.25, 0.3) is 0 Å². The zero-order valence-electron chi connectivity index (χ0n) is 13.5. The minimum atomic E-state index is -0.679. The first-order valence-electron chi connectivity index (χ1n) is 8.28. The van der Waals surface area contributed by atoms with Crippen molar-refractivity contribution in [2.45, 2.75) is 18.6 Å². The number of anilines is 1. The van der Waals surface area contributed by atoms with Crippen molar-refractivity contribution in [3.63, 3.8) is 0 Å². The predicted molar refractivity (Wildman–Crippen MR) is 86.2 cm³/mol. The molecule has 2 heterocycles. The van der Waals surface area contributed by atoms with E-state index < -0.39 is 5.79 Å². The van der Waals surface area contributed by atoms with E-state index in [0.29, 0.717) is 24.5 Å². The second-order valence-electron chi connectivity index (χ2n) is 6.64. The van der Waals surface area contributed by atoms with Crippen LogP contribution in [-0.4, -0.2) is 62.1 Å². The van der Waals surface area contributed by atoms with Gasteiger partial charge in [-0.15, -0.1) is 0 Å². The Morgan fingerprint density at radius 1 is 1.17 bits per heavy atom. The van der Waals surface area contributed by atoms with E-state index in [0.717, 1.165) is 50.1 Å². The van der Waals surface area contributed by atoms with Crippen LogP contribution in [0.15, 0.2) is 12.1 Å². The smallest absolute Gasteiger partial charge is 0.254 e. The van der Waals surface area contributed by atoms with Gasteiger partial charge in [-0.05, 0) is 31.2 Å². The Bertz CT molecular complexity index is 632. The van der Waals surface area contributed by atoms with Crippen LogP contribution in [0, 0.1) is 0 Å². The number of carbonyl (C=O) groups is 1. The lowest BCUT2D eigenvalue weighted by molar-refractivity contribution is -0.163. The summed E-state index contributed by atoms with van der Waals surface area (Å²) in [7, 11) is 2.08. The highest BCUT2D eigenvalue weighted by Gasteiger charge is 2.45. The normalized spacial score (nSPS) is 23.4. The average molecular weight is 317 g/mol. The van der Waals surface area contributed by atoms with Gasteiger partial charge in [-0.1, -0.05) is 0 Å². The number of piperazine rings is 1. The number of nitrogens with zero attached hydrogens (tertiary/aromatic N) is 2. The molecule has 1 aromatic rings. The summed E-state index contributed by atoms with van der Waals surface area (Å²) in [6, 6.07) is 3.75. The molecule has 1 aromatic carbocycles. The number of amides is 1. The van der Waals surface area contributed by atoms with Crippen LogP contribution >= 0.6 is 0 Å². The largest absolute Gasteiger partial charge is 0.398 e. The van der Waals surface area contributed by atoms with Gasteiger partial charge in [0, 0.05) is 49.4 Å². The number of carbonyl (C=O) groups excluding carboxylic acids is 1. The van der Waals surface area contributed by atoms with Crippen molar-refractivity contribution in [1.29, 1.82) is 0 Å². The van der Waals surface area contributed by atoms with Crippen LogP contribution in [0.3, 0.4) is 0 Å². The zero-order chi connectivity index (χ0) is 16.0. The molecular formula is C17H23N3O3. The molecule has 6 heteroatoms. The fourth-order valence-electron chi connectivity index (χ4n) is 3.81. The van der Waals surface area contributed by atoms with Gasteiger partial charge in [0.2, 0.25) is 0 Å². The van der Waals surface area contributed by atoms with Gasteiger partial charge in [0.05, 0.1) is 13.2 Å². The van der Waals surface area contributed by atoms with E-state index >= 15 is 0 Å². The van der Waals surface area contributed by atoms with Crippen molar-refractivity contribution in [2.24, 2.45) is 0 Å². The first kappa shape index (κ1) is 14.9. The molecule has 3 aliphatic rings. The van der Waals surface area contributed by atoms with Gasteiger partial charge < -0.3 is 25.0 Å². The predicted octanol–water partition coefficient (Wildman–Crippen LogP) is 0.802. The highest BCUT2D eigenvalue weighted by Crippen LogP contribution is 2.45. The number of likely N-dealkylation sites (N-methyl/N-ethyl adjacent to an activating group) is 1. The van der Waals surface area contributed by atoms with Crippen molar-refractivity contribution < 1.29 is 14.3 Å². The van der Waals surface area contributed by atoms with Crippen LogP contribution < -0.4 is 5.73 Å². The Morgan fingerprint density at radius 2 is 1.87 bits per heavy atom. The lowest BCUT2D eigenvalue weighted by Crippen LogP contribution is -2.47. The molecule has 1 spiro atoms. The van der Waals surface area contributed by atoms with E-state index in [2.05, 4.69) is 11.9 Å². The zero-order valence-corrected chi connectivity index (χ0v) is 13.5. The van der Waals surface area contributed by atoms with E-state index in [9.17, 15) is 4.79 Å². The Labute approximate surface area is 136 Å². The van der Waals surface area contributed by atoms with Gasteiger partial charge >= 0.3 is 0 Å². The molecule has 0 saturated carbocycles. The fraction of sp³-hybridized carbons (Fsp3) is 0.588. The fourth-order valence-corrected chi connectivity index (χ4v) is 3.81. The third-order valence-corrected chi connectivity index (χ3v) is 5.19. The molecule has 124 valence electrons. The highest BCUT2D eigenvalue weighted by atomic mass is 16.7. The maximum atomic E-state index is 12.8. The summed E-state index contributed by atoms with van der Waals surface area (Å²) in [4.78, 5) is 17.0. The van der Waals surface area contributed by atoms with Gasteiger partial charge in [-0.3, -0.25) is 4.79 Å². The van der Waals surface area contributed by atoms with Crippen LogP contribution in [0.5, 0.6) is 0 Å². The molecule has 2 aliphatic heterocycles. The lowest BCUT2D eigenvalue weighted by Gasteiger charge is -2.32. The summed E-state index contributed by atoms with van der Waals surface area (Å²) in [5.74, 6) is -0.630. The minimum absolute atomic E-state index is 0.0487. The van der Waals surface area contributed by atoms with Crippen molar-refractivity contribution in [2.75, 3.05) is 52.2 Å². The van der Waals surface area contributed by atoms with Crippen molar-refractivity contribution >= 4 is 11.6 Å². The number of rotatable bonds is 1. The Kier molecular flexibility index (Phi) is 3.55. The summed E-state index contributed by atoms with van der Waals surface area (Å²) in [6.07, 6.45) is 1.61. The van der Waals surface area contributed by atoms with Gasteiger partial charge in [0.25, 0.3) is 5.91 Å². The summed E-state index contributed by atoms with van der Waals surface area (Å²) >= 11 is 0. The molecule has 2 N–H and O–H groups in total. The van der Waals surface area contributed by atoms with E-state index in [1.54, 1.807) is 0 Å². The number of fused-ring (bicyclic) bond motifs is 2. The molecule has 6 nitrogen and oxygen atoms in total. The van der Waals surface area contributed by atoms with Crippen molar-refractivity contribution in [1.82, 2.24) is 9.80 Å². The molecule has 0 bridgehead atoms. The average Bonchev–Trinajstić information content (AvgIpc) is 3.17. The summed E-state index contributed by atoms with van der Waals surface area (Å²) in [6.45, 7) is 4.51. The molecule has 0 unspecified atom stereocenters. The number of hydrogen-bond acceptors (Lipinski definition) is 5. The molecule has 23 heavy (non-hydrogen) atoms. The number of hydrogen-bond donors (Lipinski definition) is 1. The molecule has 2 fully saturated rings. The molecule has 1 aliphatic carbocycles. The van der Waals surface area contributed by atoms with E-state index in [4.69, 9.17) is 15.2 Å². The lowest BCUT2D eigenvalue weighted by atomic mass is 10.0. The van der Waals surface area contributed by atoms with Crippen LogP contribution in [0.1, 0.15) is 27.9 Å². The maximum Gasteiger partial charge on any atom is 0.254 e. The van der Waals surface area contributed by atoms with Gasteiger partial charge in [-0.25, -0.2) is 0 Å². The maximum absolute atomic E-state index is 12.8. The topological polar surface area (TPSA) is 68.0 Å². The number of benzene rings is 1. The third-order valence-electron chi connectivity index (χ3n) is 5.19. The first-order valence-corrected chi connectivity index (χ1v) is 8.28. The standard InChI is InChI=1S/C17H23N3O3/c1-19-4-6-20(7-5-19)16(21)12-10-14-13(15(18)11-12)2-3-17(14)22-8-9-23-17/h10-11H,2-9,18H2,1H3. The van der Waals surface area contributed by atoms with Crippen LogP contribution in [0.4, 0.5) is 5.69 Å². The Balaban J connectivity index is 1.65. The van der Waals surface area contributed by atoms with Crippen LogP contribution in [0.2, 0.25) is 0 Å². The molecular weight excluding hydrogens is 294 g/mol. The van der Waals surface area contributed by atoms with Gasteiger partial charge in [0.1, 0.15) is 0 Å². The van der Waals surface area contributed by atoms with Crippen LogP contribution in [-0.2, 0) is 21.7 Å². The molecule has 0 atom stereocenters. The molecule has 4 rings (SSSR count). The Morgan fingerprint density at radius 3 is 2.57 bits per heavy atom. The summed E-state index contributed by atoms with van der Waals surface area (Å²) < 4.78 is 11.7. The number of ether oxygens (including phenoxy) is 2. The molecule has 0 aromatic heterocycles. The second kappa shape index (κ2) is 5.47. The Hall–Kier alpha value is -1.63. The van der Waals surface area contributed by atoms with E-state index in [1.165, 1.54) is 0 Å². The first-order chi connectivity index (χ1) is 11.1. The SMILES string of the molecule is CN1CCN(C(=O)c2cc(N)c3c(c2)C2(CC3)OCCO2)CC1. The van der Waals surface area contributed by atoms with E-state index in [-0.39, 0.29) is 5.91 Å². The number of nitrogens with two attached hydrogens (primary N) is 1. The molecule has 0 radical (unpaired) electrons. The summed E-state index contributed by atoms with van der Waals surface area (Å²) in [5, 5.41) is 0. The number of nitrogen functional groups attached to an aromatic ring is 1. The van der Waals surface area contributed by atoms with Gasteiger partial charge in [-0.2, -0.15) is 0 Å². The van der Waals surface area contributed by atoms with Gasteiger partial charge in [0.15, 0.2) is 5.79 Å². The third kappa shape index (κ3) is 2.41. The van der Waals surface area contributed by atoms with Crippen molar-refractivity contribution in [3.05, 3.63) is 28.8 Å². The molecule has 2 saturated heterocycles. The highest BCUT2D eigenvalue weighted by molar-refractivity contribution is 5.96. The summed E-state index contributed by atoms with van der Waals surface area (Å²) in [5.41, 5.74) is 9.57. The monoisotopic (exact) mass is 317 g/mol. The minimum Gasteiger partial charge on any atom is -0.398 e.